The molecule has 1 aliphatic carbocycles. The molecule has 3 aromatic rings. The lowest BCUT2D eigenvalue weighted by Gasteiger charge is -2.32. The fourth-order valence-electron chi connectivity index (χ4n) is 4.82. The number of thiophene rings is 1. The number of aromatic nitrogens is 4. The average molecular weight is 529 g/mol. The second-order valence-corrected chi connectivity index (χ2v) is 10.7. The summed E-state index contributed by atoms with van der Waals surface area (Å²) in [5.41, 5.74) is 0.752. The Balaban J connectivity index is 1.38. The van der Waals surface area contributed by atoms with Gasteiger partial charge in [-0.25, -0.2) is 0 Å². The lowest BCUT2D eigenvalue weighted by atomic mass is 10.1. The second-order valence-electron chi connectivity index (χ2n) is 9.24. The zero-order chi connectivity index (χ0) is 24.9. The summed E-state index contributed by atoms with van der Waals surface area (Å²) in [5.74, 6) is -0.00597. The molecule has 2 atom stereocenters. The summed E-state index contributed by atoms with van der Waals surface area (Å²) in [6, 6.07) is 10.3. The lowest BCUT2D eigenvalue weighted by molar-refractivity contribution is -0.143. The lowest BCUT2D eigenvalue weighted by Crippen LogP contribution is -2.49. The number of nitrogens with one attached hydrogen (secondary N) is 1. The van der Waals surface area contributed by atoms with Crippen LogP contribution in [-0.2, 0) is 20.9 Å². The van der Waals surface area contributed by atoms with E-state index >= 15 is 0 Å². The minimum absolute atomic E-state index is 0.107. The van der Waals surface area contributed by atoms with Gasteiger partial charge in [-0.2, -0.15) is 4.80 Å². The van der Waals surface area contributed by atoms with Crippen LogP contribution in [0.5, 0.6) is 0 Å². The number of amides is 2. The molecule has 2 aromatic heterocycles. The number of tetrazole rings is 1. The van der Waals surface area contributed by atoms with Crippen molar-refractivity contribution in [2.75, 3.05) is 13.2 Å². The van der Waals surface area contributed by atoms with Gasteiger partial charge in [-0.05, 0) is 66.6 Å². The van der Waals surface area contributed by atoms with Crippen LogP contribution in [0.2, 0.25) is 5.02 Å². The minimum atomic E-state index is -0.735. The summed E-state index contributed by atoms with van der Waals surface area (Å²) < 4.78 is 5.85. The van der Waals surface area contributed by atoms with E-state index in [0.717, 1.165) is 49.0 Å². The Morgan fingerprint density at radius 1 is 1.17 bits per heavy atom. The maximum absolute atomic E-state index is 13.7. The zero-order valence-corrected chi connectivity index (χ0v) is 21.5. The standard InChI is InChI=1S/C25H29ClN6O3S/c26-18-11-9-17(10-12-18)24-28-30-32(29-24)16-22(33)31(15-20-7-3-13-35-20)23(21-8-4-14-36-21)25(34)27-19-5-1-2-6-19/h4,8-12,14,19-20,23H,1-3,5-7,13,15-16H2,(H,27,34)/t20-,23+/m1/s1. The smallest absolute Gasteiger partial charge is 0.248 e. The third-order valence-corrected chi connectivity index (χ3v) is 7.83. The van der Waals surface area contributed by atoms with Gasteiger partial charge in [0.05, 0.1) is 6.10 Å². The highest BCUT2D eigenvalue weighted by molar-refractivity contribution is 7.10. The Morgan fingerprint density at radius 2 is 1.97 bits per heavy atom. The van der Waals surface area contributed by atoms with Crippen molar-refractivity contribution in [2.24, 2.45) is 0 Å². The fourth-order valence-corrected chi connectivity index (χ4v) is 5.78. The van der Waals surface area contributed by atoms with Crippen LogP contribution in [0, 0.1) is 0 Å². The summed E-state index contributed by atoms with van der Waals surface area (Å²) in [6.45, 7) is 0.865. The van der Waals surface area contributed by atoms with E-state index in [1.807, 2.05) is 17.5 Å². The molecular weight excluding hydrogens is 500 g/mol. The van der Waals surface area contributed by atoms with Crippen LogP contribution in [-0.4, -0.2) is 62.2 Å². The molecule has 1 saturated carbocycles. The van der Waals surface area contributed by atoms with Crippen molar-refractivity contribution in [1.29, 1.82) is 0 Å². The van der Waals surface area contributed by atoms with Crippen molar-refractivity contribution in [3.63, 3.8) is 0 Å². The number of halogens is 1. The summed E-state index contributed by atoms with van der Waals surface area (Å²) in [4.78, 5) is 31.0. The van der Waals surface area contributed by atoms with Gasteiger partial charge in [-0.15, -0.1) is 21.5 Å². The number of ether oxygens (including phenoxy) is 1. The van der Waals surface area contributed by atoms with E-state index in [2.05, 4.69) is 20.7 Å². The fraction of sp³-hybridized carbons (Fsp3) is 0.480. The Labute approximate surface area is 218 Å². The van der Waals surface area contributed by atoms with Crippen LogP contribution >= 0.6 is 22.9 Å². The Hall–Kier alpha value is -2.82. The van der Waals surface area contributed by atoms with Crippen LogP contribution < -0.4 is 5.32 Å². The summed E-state index contributed by atoms with van der Waals surface area (Å²) in [5, 5.41) is 18.3. The van der Waals surface area contributed by atoms with E-state index in [4.69, 9.17) is 16.3 Å². The molecular formula is C25H29ClN6O3S. The SMILES string of the molecule is O=C(NC1CCCC1)[C@H](c1cccs1)N(C[C@H]1CCCO1)C(=O)Cn1nnc(-c2ccc(Cl)cc2)n1. The van der Waals surface area contributed by atoms with Gasteiger partial charge in [-0.3, -0.25) is 9.59 Å². The van der Waals surface area contributed by atoms with Gasteiger partial charge < -0.3 is 15.0 Å². The molecule has 3 heterocycles. The van der Waals surface area contributed by atoms with Gasteiger partial charge in [0.2, 0.25) is 17.6 Å². The molecule has 0 unspecified atom stereocenters. The molecule has 2 aliphatic rings. The molecule has 1 saturated heterocycles. The molecule has 190 valence electrons. The van der Waals surface area contributed by atoms with Crippen LogP contribution in [0.1, 0.15) is 49.4 Å². The van der Waals surface area contributed by atoms with Crippen LogP contribution in [0.4, 0.5) is 0 Å². The number of hydrogen-bond acceptors (Lipinski definition) is 7. The molecule has 9 nitrogen and oxygen atoms in total. The predicted molar refractivity (Wildman–Crippen MR) is 136 cm³/mol. The molecule has 5 rings (SSSR count). The Kier molecular flexibility index (Phi) is 7.93. The normalized spacial score (nSPS) is 18.9. The molecule has 2 amide bonds. The van der Waals surface area contributed by atoms with E-state index in [1.54, 1.807) is 29.2 Å². The van der Waals surface area contributed by atoms with Gasteiger partial charge in [0, 0.05) is 34.7 Å². The number of hydrogen-bond donors (Lipinski definition) is 1. The minimum Gasteiger partial charge on any atom is -0.376 e. The van der Waals surface area contributed by atoms with Crippen molar-refractivity contribution in [3.8, 4) is 11.4 Å². The number of rotatable bonds is 9. The van der Waals surface area contributed by atoms with E-state index in [9.17, 15) is 9.59 Å². The van der Waals surface area contributed by atoms with E-state index in [1.165, 1.54) is 16.1 Å². The van der Waals surface area contributed by atoms with Crippen LogP contribution in [0.25, 0.3) is 11.4 Å². The van der Waals surface area contributed by atoms with Crippen molar-refractivity contribution < 1.29 is 14.3 Å². The van der Waals surface area contributed by atoms with Crippen molar-refractivity contribution >= 4 is 34.8 Å². The van der Waals surface area contributed by atoms with Gasteiger partial charge in [0.15, 0.2) is 0 Å². The van der Waals surface area contributed by atoms with Crippen molar-refractivity contribution in [2.45, 2.75) is 63.3 Å². The van der Waals surface area contributed by atoms with E-state index in [-0.39, 0.29) is 30.5 Å². The first-order chi connectivity index (χ1) is 17.6. The maximum atomic E-state index is 13.7. The maximum Gasteiger partial charge on any atom is 0.248 e. The number of carbonyl (C=O) groups excluding carboxylic acids is 2. The largest absolute Gasteiger partial charge is 0.376 e. The van der Waals surface area contributed by atoms with Gasteiger partial charge in [0.25, 0.3) is 0 Å². The monoisotopic (exact) mass is 528 g/mol. The molecule has 2 fully saturated rings. The molecule has 0 bridgehead atoms. The third kappa shape index (κ3) is 5.93. The van der Waals surface area contributed by atoms with E-state index < -0.39 is 6.04 Å². The van der Waals surface area contributed by atoms with Gasteiger partial charge in [0.1, 0.15) is 12.6 Å². The Bertz CT molecular complexity index is 1160. The summed E-state index contributed by atoms with van der Waals surface area (Å²) in [6.07, 6.45) is 5.86. The molecule has 1 aliphatic heterocycles. The number of nitrogens with zero attached hydrogens (tertiary/aromatic N) is 5. The Morgan fingerprint density at radius 3 is 2.67 bits per heavy atom. The number of benzene rings is 1. The number of carbonyl (C=O) groups is 2. The van der Waals surface area contributed by atoms with Gasteiger partial charge >= 0.3 is 0 Å². The third-order valence-electron chi connectivity index (χ3n) is 6.65. The average Bonchev–Trinajstić information content (AvgIpc) is 3.68. The highest BCUT2D eigenvalue weighted by Gasteiger charge is 2.36. The highest BCUT2D eigenvalue weighted by atomic mass is 35.5. The molecule has 36 heavy (non-hydrogen) atoms. The topological polar surface area (TPSA) is 102 Å². The first-order valence-corrected chi connectivity index (χ1v) is 13.6. The van der Waals surface area contributed by atoms with Gasteiger partial charge in [-0.1, -0.05) is 30.5 Å². The molecule has 1 aromatic carbocycles. The summed E-state index contributed by atoms with van der Waals surface area (Å²) in [7, 11) is 0. The molecule has 11 heteroatoms. The van der Waals surface area contributed by atoms with Crippen LogP contribution in [0.3, 0.4) is 0 Å². The zero-order valence-electron chi connectivity index (χ0n) is 19.9. The second kappa shape index (κ2) is 11.5. The summed E-state index contributed by atoms with van der Waals surface area (Å²) >= 11 is 7.45. The molecule has 0 spiro atoms. The quantitative estimate of drug-likeness (QED) is 0.452. The molecule has 0 radical (unpaired) electrons. The van der Waals surface area contributed by atoms with Crippen molar-refractivity contribution in [1.82, 2.24) is 30.4 Å². The van der Waals surface area contributed by atoms with Crippen LogP contribution in [0.15, 0.2) is 41.8 Å². The highest BCUT2D eigenvalue weighted by Crippen LogP contribution is 2.29. The van der Waals surface area contributed by atoms with E-state index in [0.29, 0.717) is 24.0 Å². The predicted octanol–water partition coefficient (Wildman–Crippen LogP) is 3.86. The van der Waals surface area contributed by atoms with Crippen molar-refractivity contribution in [3.05, 3.63) is 51.7 Å². The molecule has 1 N–H and O–H groups in total. The first kappa shape index (κ1) is 24.9. The first-order valence-electron chi connectivity index (χ1n) is 12.4.